The summed E-state index contributed by atoms with van der Waals surface area (Å²) in [6.45, 7) is 7.27. The van der Waals surface area contributed by atoms with E-state index in [4.69, 9.17) is 9.47 Å². The molecule has 2 rings (SSSR count). The summed E-state index contributed by atoms with van der Waals surface area (Å²) in [7, 11) is 0. The van der Waals surface area contributed by atoms with Gasteiger partial charge in [0.05, 0.1) is 12.2 Å². The van der Waals surface area contributed by atoms with Crippen LogP contribution < -0.4 is 10.1 Å². The van der Waals surface area contributed by atoms with Gasteiger partial charge in [-0.15, -0.1) is 0 Å². The maximum Gasteiger partial charge on any atom is 0.221 e. The summed E-state index contributed by atoms with van der Waals surface area (Å²) in [6, 6.07) is 0. The Balaban J connectivity index is 1.86. The van der Waals surface area contributed by atoms with E-state index in [0.717, 1.165) is 37.6 Å². The molecule has 0 saturated carbocycles. The monoisotopic (exact) mass is 251 g/mol. The highest BCUT2D eigenvalue weighted by atomic mass is 16.5. The maximum atomic E-state index is 5.45. The molecule has 1 fully saturated rings. The largest absolute Gasteiger partial charge is 0.478 e. The van der Waals surface area contributed by atoms with Crippen molar-refractivity contribution in [1.29, 1.82) is 0 Å². The van der Waals surface area contributed by atoms with Gasteiger partial charge in [0.1, 0.15) is 12.1 Å². The third-order valence-corrected chi connectivity index (χ3v) is 3.19. The number of nitrogens with one attached hydrogen (secondary N) is 1. The fourth-order valence-corrected chi connectivity index (χ4v) is 2.10. The van der Waals surface area contributed by atoms with Gasteiger partial charge in [-0.1, -0.05) is 0 Å². The molecule has 0 amide bonds. The van der Waals surface area contributed by atoms with Crippen molar-refractivity contribution >= 4 is 5.82 Å². The van der Waals surface area contributed by atoms with Crippen molar-refractivity contribution in [3.05, 3.63) is 11.9 Å². The third-order valence-electron chi connectivity index (χ3n) is 3.19. The molecule has 5 heteroatoms. The summed E-state index contributed by atoms with van der Waals surface area (Å²) in [5.74, 6) is 2.22. The predicted octanol–water partition coefficient (Wildman–Crippen LogP) is 2.02. The number of nitrogens with zero attached hydrogens (tertiary/aromatic N) is 2. The van der Waals surface area contributed by atoms with E-state index >= 15 is 0 Å². The molecule has 1 aromatic rings. The zero-order valence-corrected chi connectivity index (χ0v) is 11.1. The van der Waals surface area contributed by atoms with Crippen LogP contribution in [0.1, 0.15) is 25.3 Å². The lowest BCUT2D eigenvalue weighted by molar-refractivity contribution is 0.185. The topological polar surface area (TPSA) is 56.3 Å². The number of aromatic nitrogens is 2. The second-order valence-electron chi connectivity index (χ2n) is 4.53. The van der Waals surface area contributed by atoms with E-state index < -0.39 is 0 Å². The average Bonchev–Trinajstić information content (AvgIpc) is 2.87. The summed E-state index contributed by atoms with van der Waals surface area (Å²) >= 11 is 0. The Morgan fingerprint density at radius 1 is 1.50 bits per heavy atom. The fraction of sp³-hybridized carbons (Fsp3) is 0.692. The van der Waals surface area contributed by atoms with Crippen LogP contribution in [0.4, 0.5) is 5.82 Å². The zero-order valence-electron chi connectivity index (χ0n) is 11.1. The van der Waals surface area contributed by atoms with Gasteiger partial charge < -0.3 is 14.8 Å². The molecule has 1 N–H and O–H groups in total. The molecule has 18 heavy (non-hydrogen) atoms. The van der Waals surface area contributed by atoms with E-state index in [2.05, 4.69) is 15.3 Å². The van der Waals surface area contributed by atoms with E-state index in [0.29, 0.717) is 18.4 Å². The lowest BCUT2D eigenvalue weighted by atomic mass is 10.1. The van der Waals surface area contributed by atoms with Crippen LogP contribution in [0.25, 0.3) is 0 Å². The SMILES string of the molecule is CCOc1ncnc(NCCC2CCOC2)c1C. The predicted molar refractivity (Wildman–Crippen MR) is 70.0 cm³/mol. The van der Waals surface area contributed by atoms with Gasteiger partial charge in [0, 0.05) is 19.8 Å². The first kappa shape index (κ1) is 13.1. The molecule has 1 aliphatic rings. The molecule has 100 valence electrons. The smallest absolute Gasteiger partial charge is 0.221 e. The molecule has 1 unspecified atom stereocenters. The van der Waals surface area contributed by atoms with Crippen molar-refractivity contribution in [3.8, 4) is 5.88 Å². The van der Waals surface area contributed by atoms with E-state index in [1.54, 1.807) is 6.33 Å². The highest BCUT2D eigenvalue weighted by molar-refractivity contribution is 5.47. The summed E-state index contributed by atoms with van der Waals surface area (Å²) < 4.78 is 10.8. The number of anilines is 1. The number of ether oxygens (including phenoxy) is 2. The molecule has 0 spiro atoms. The summed E-state index contributed by atoms with van der Waals surface area (Å²) in [5, 5.41) is 3.35. The Bertz CT molecular complexity index is 378. The standard InChI is InChI=1S/C13H21N3O2/c1-3-18-13-10(2)12(15-9-16-13)14-6-4-11-5-7-17-8-11/h9,11H,3-8H2,1-2H3,(H,14,15,16). The fourth-order valence-electron chi connectivity index (χ4n) is 2.10. The minimum absolute atomic E-state index is 0.622. The molecular weight excluding hydrogens is 230 g/mol. The Hall–Kier alpha value is -1.36. The first-order valence-electron chi connectivity index (χ1n) is 6.57. The van der Waals surface area contributed by atoms with E-state index in [1.807, 2.05) is 13.8 Å². The van der Waals surface area contributed by atoms with Crippen molar-refractivity contribution in [3.63, 3.8) is 0 Å². The van der Waals surface area contributed by atoms with Crippen molar-refractivity contribution in [2.45, 2.75) is 26.7 Å². The lowest BCUT2D eigenvalue weighted by Gasteiger charge is -2.12. The summed E-state index contributed by atoms with van der Waals surface area (Å²) in [4.78, 5) is 8.37. The number of rotatable bonds is 6. The molecule has 2 heterocycles. The first-order valence-corrected chi connectivity index (χ1v) is 6.57. The van der Waals surface area contributed by atoms with Crippen LogP contribution >= 0.6 is 0 Å². The molecular formula is C13H21N3O2. The zero-order chi connectivity index (χ0) is 12.8. The van der Waals surface area contributed by atoms with Crippen LogP contribution in [0.2, 0.25) is 0 Å². The Morgan fingerprint density at radius 3 is 3.11 bits per heavy atom. The minimum atomic E-state index is 0.622. The second-order valence-corrected chi connectivity index (χ2v) is 4.53. The van der Waals surface area contributed by atoms with Crippen molar-refractivity contribution < 1.29 is 9.47 Å². The van der Waals surface area contributed by atoms with Crippen LogP contribution in [0, 0.1) is 12.8 Å². The average molecular weight is 251 g/mol. The van der Waals surface area contributed by atoms with Crippen LogP contribution in [0.15, 0.2) is 6.33 Å². The Morgan fingerprint density at radius 2 is 2.39 bits per heavy atom. The van der Waals surface area contributed by atoms with Gasteiger partial charge in [-0.2, -0.15) is 0 Å². The normalized spacial score (nSPS) is 18.9. The quantitative estimate of drug-likeness (QED) is 0.838. The molecule has 0 radical (unpaired) electrons. The summed E-state index contributed by atoms with van der Waals surface area (Å²) in [6.07, 6.45) is 3.83. The van der Waals surface area contributed by atoms with Gasteiger partial charge in [-0.25, -0.2) is 9.97 Å². The van der Waals surface area contributed by atoms with Gasteiger partial charge >= 0.3 is 0 Å². The Kier molecular flexibility index (Phi) is 4.75. The number of hydrogen-bond acceptors (Lipinski definition) is 5. The van der Waals surface area contributed by atoms with Crippen LogP contribution in [0.5, 0.6) is 5.88 Å². The molecule has 0 bridgehead atoms. The van der Waals surface area contributed by atoms with Gasteiger partial charge in [0.2, 0.25) is 5.88 Å². The Labute approximate surface area is 108 Å². The van der Waals surface area contributed by atoms with Crippen molar-refractivity contribution in [2.24, 2.45) is 5.92 Å². The highest BCUT2D eigenvalue weighted by Crippen LogP contribution is 2.21. The highest BCUT2D eigenvalue weighted by Gasteiger charge is 2.15. The number of hydrogen-bond donors (Lipinski definition) is 1. The molecule has 0 aliphatic carbocycles. The van der Waals surface area contributed by atoms with E-state index in [9.17, 15) is 0 Å². The molecule has 1 atom stereocenters. The van der Waals surface area contributed by atoms with Crippen LogP contribution in [-0.2, 0) is 4.74 Å². The molecule has 1 aromatic heterocycles. The molecule has 1 aliphatic heterocycles. The van der Waals surface area contributed by atoms with Gasteiger partial charge in [0.25, 0.3) is 0 Å². The third kappa shape index (κ3) is 3.32. The van der Waals surface area contributed by atoms with E-state index in [1.165, 1.54) is 6.42 Å². The van der Waals surface area contributed by atoms with Crippen LogP contribution in [-0.4, -0.2) is 36.3 Å². The van der Waals surface area contributed by atoms with Gasteiger partial charge in [-0.05, 0) is 32.6 Å². The van der Waals surface area contributed by atoms with Crippen LogP contribution in [0.3, 0.4) is 0 Å². The van der Waals surface area contributed by atoms with Crippen molar-refractivity contribution in [1.82, 2.24) is 9.97 Å². The lowest BCUT2D eigenvalue weighted by Crippen LogP contribution is -2.11. The molecule has 0 aromatic carbocycles. The van der Waals surface area contributed by atoms with E-state index in [-0.39, 0.29) is 0 Å². The molecule has 5 nitrogen and oxygen atoms in total. The minimum Gasteiger partial charge on any atom is -0.478 e. The van der Waals surface area contributed by atoms with Gasteiger partial charge in [0.15, 0.2) is 0 Å². The van der Waals surface area contributed by atoms with Crippen molar-refractivity contribution in [2.75, 3.05) is 31.7 Å². The summed E-state index contributed by atoms with van der Waals surface area (Å²) in [5.41, 5.74) is 0.974. The second kappa shape index (κ2) is 6.54. The molecule has 1 saturated heterocycles. The first-order chi connectivity index (χ1) is 8.81. The maximum absolute atomic E-state index is 5.45. The van der Waals surface area contributed by atoms with Gasteiger partial charge in [-0.3, -0.25) is 0 Å².